The smallest absolute Gasteiger partial charge is 0.234 e. The second kappa shape index (κ2) is 7.31. The van der Waals surface area contributed by atoms with Gasteiger partial charge in [-0.3, -0.25) is 4.79 Å². The SMILES string of the molecule is CCC(C)c1ccc(NC(=O)CSc2nccn2C)cc1. The summed E-state index contributed by atoms with van der Waals surface area (Å²) in [5.74, 6) is 0.894. The minimum absolute atomic E-state index is 0.0145. The van der Waals surface area contributed by atoms with E-state index in [0.29, 0.717) is 11.7 Å². The highest BCUT2D eigenvalue weighted by Gasteiger charge is 2.07. The molecule has 0 aliphatic carbocycles. The first kappa shape index (κ1) is 15.6. The Morgan fingerprint density at radius 1 is 1.38 bits per heavy atom. The van der Waals surface area contributed by atoms with Crippen molar-refractivity contribution in [3.8, 4) is 0 Å². The van der Waals surface area contributed by atoms with Gasteiger partial charge in [0.2, 0.25) is 5.91 Å². The summed E-state index contributed by atoms with van der Waals surface area (Å²) in [5, 5.41) is 3.76. The highest BCUT2D eigenvalue weighted by atomic mass is 32.2. The van der Waals surface area contributed by atoms with Gasteiger partial charge >= 0.3 is 0 Å². The molecule has 0 aliphatic heterocycles. The van der Waals surface area contributed by atoms with Crippen molar-refractivity contribution >= 4 is 23.4 Å². The van der Waals surface area contributed by atoms with Crippen LogP contribution in [0.5, 0.6) is 0 Å². The van der Waals surface area contributed by atoms with E-state index in [-0.39, 0.29) is 5.91 Å². The summed E-state index contributed by atoms with van der Waals surface area (Å²) in [7, 11) is 1.92. The van der Waals surface area contributed by atoms with Gasteiger partial charge in [0, 0.05) is 25.1 Å². The molecule has 1 unspecified atom stereocenters. The standard InChI is InChI=1S/C16H21N3OS/c1-4-12(2)13-5-7-14(8-6-13)18-15(20)11-21-16-17-9-10-19(16)3/h5-10,12H,4,11H2,1-3H3,(H,18,20). The molecule has 1 amide bonds. The maximum atomic E-state index is 11.9. The zero-order chi connectivity index (χ0) is 15.2. The maximum absolute atomic E-state index is 11.9. The summed E-state index contributed by atoms with van der Waals surface area (Å²) in [6.45, 7) is 4.38. The quantitative estimate of drug-likeness (QED) is 0.828. The van der Waals surface area contributed by atoms with Crippen molar-refractivity contribution in [2.24, 2.45) is 7.05 Å². The van der Waals surface area contributed by atoms with Crippen molar-refractivity contribution in [3.05, 3.63) is 42.2 Å². The third-order valence-electron chi connectivity index (χ3n) is 3.49. The van der Waals surface area contributed by atoms with Crippen LogP contribution in [0.4, 0.5) is 5.69 Å². The van der Waals surface area contributed by atoms with E-state index >= 15 is 0 Å². The van der Waals surface area contributed by atoms with E-state index in [0.717, 1.165) is 17.3 Å². The van der Waals surface area contributed by atoms with E-state index in [1.807, 2.05) is 29.9 Å². The van der Waals surface area contributed by atoms with Crippen molar-refractivity contribution < 1.29 is 4.79 Å². The van der Waals surface area contributed by atoms with Gasteiger partial charge in [-0.25, -0.2) is 4.98 Å². The molecule has 1 N–H and O–H groups in total. The van der Waals surface area contributed by atoms with Crippen LogP contribution in [-0.4, -0.2) is 21.2 Å². The molecule has 5 heteroatoms. The van der Waals surface area contributed by atoms with Crippen LogP contribution in [0.15, 0.2) is 41.8 Å². The third kappa shape index (κ3) is 4.36. The van der Waals surface area contributed by atoms with Gasteiger partial charge in [0.25, 0.3) is 0 Å². The molecule has 21 heavy (non-hydrogen) atoms. The van der Waals surface area contributed by atoms with Crippen molar-refractivity contribution in [3.63, 3.8) is 0 Å². The lowest BCUT2D eigenvalue weighted by Crippen LogP contribution is -2.14. The Bertz CT molecular complexity index is 592. The number of carbonyl (C=O) groups is 1. The normalized spacial score (nSPS) is 12.1. The second-order valence-electron chi connectivity index (χ2n) is 5.09. The molecular formula is C16H21N3OS. The predicted molar refractivity (Wildman–Crippen MR) is 87.7 cm³/mol. The molecule has 2 aromatic rings. The molecular weight excluding hydrogens is 282 g/mol. The lowest BCUT2D eigenvalue weighted by molar-refractivity contribution is -0.113. The van der Waals surface area contributed by atoms with E-state index in [2.05, 4.69) is 36.3 Å². The van der Waals surface area contributed by atoms with Crippen LogP contribution in [0, 0.1) is 0 Å². The fourth-order valence-electron chi connectivity index (χ4n) is 1.95. The fraction of sp³-hybridized carbons (Fsp3) is 0.375. The number of nitrogens with one attached hydrogen (secondary N) is 1. The lowest BCUT2D eigenvalue weighted by Gasteiger charge is -2.10. The Kier molecular flexibility index (Phi) is 5.44. The summed E-state index contributed by atoms with van der Waals surface area (Å²) in [6, 6.07) is 8.08. The van der Waals surface area contributed by atoms with Crippen LogP contribution in [-0.2, 0) is 11.8 Å². The first-order valence-corrected chi connectivity index (χ1v) is 8.08. The Hall–Kier alpha value is -1.75. The van der Waals surface area contributed by atoms with E-state index in [1.54, 1.807) is 6.20 Å². The summed E-state index contributed by atoms with van der Waals surface area (Å²) in [4.78, 5) is 16.1. The number of carbonyl (C=O) groups excluding carboxylic acids is 1. The van der Waals surface area contributed by atoms with Crippen molar-refractivity contribution in [2.75, 3.05) is 11.1 Å². The van der Waals surface area contributed by atoms with E-state index < -0.39 is 0 Å². The van der Waals surface area contributed by atoms with Crippen LogP contribution < -0.4 is 5.32 Å². The number of aromatic nitrogens is 2. The van der Waals surface area contributed by atoms with Gasteiger partial charge in [0.1, 0.15) is 0 Å². The van der Waals surface area contributed by atoms with Crippen LogP contribution in [0.25, 0.3) is 0 Å². The van der Waals surface area contributed by atoms with Crippen LogP contribution in [0.1, 0.15) is 31.7 Å². The largest absolute Gasteiger partial charge is 0.329 e. The molecule has 1 heterocycles. The molecule has 0 radical (unpaired) electrons. The van der Waals surface area contributed by atoms with E-state index in [4.69, 9.17) is 0 Å². The maximum Gasteiger partial charge on any atom is 0.234 e. The molecule has 1 atom stereocenters. The monoisotopic (exact) mass is 303 g/mol. The highest BCUT2D eigenvalue weighted by Crippen LogP contribution is 2.21. The number of anilines is 1. The number of imidazole rings is 1. The third-order valence-corrected chi connectivity index (χ3v) is 4.54. The Morgan fingerprint density at radius 2 is 2.10 bits per heavy atom. The first-order valence-electron chi connectivity index (χ1n) is 7.10. The summed E-state index contributed by atoms with van der Waals surface area (Å²) >= 11 is 1.43. The van der Waals surface area contributed by atoms with Gasteiger partial charge in [-0.2, -0.15) is 0 Å². The molecule has 0 saturated heterocycles. The van der Waals surface area contributed by atoms with Gasteiger partial charge in [0.15, 0.2) is 5.16 Å². The van der Waals surface area contributed by atoms with Crippen LogP contribution >= 0.6 is 11.8 Å². The lowest BCUT2D eigenvalue weighted by atomic mass is 9.99. The molecule has 1 aromatic carbocycles. The summed E-state index contributed by atoms with van der Waals surface area (Å²) < 4.78 is 1.90. The molecule has 0 spiro atoms. The molecule has 112 valence electrons. The topological polar surface area (TPSA) is 46.9 Å². The van der Waals surface area contributed by atoms with Gasteiger partial charge in [0.05, 0.1) is 5.75 Å². The molecule has 1 aromatic heterocycles. The Balaban J connectivity index is 1.86. The van der Waals surface area contributed by atoms with Crippen molar-refractivity contribution in [1.29, 1.82) is 0 Å². The number of hydrogen-bond donors (Lipinski definition) is 1. The Morgan fingerprint density at radius 3 is 2.67 bits per heavy atom. The highest BCUT2D eigenvalue weighted by molar-refractivity contribution is 7.99. The summed E-state index contributed by atoms with van der Waals surface area (Å²) in [5.41, 5.74) is 2.14. The first-order chi connectivity index (χ1) is 10.1. The number of benzene rings is 1. The van der Waals surface area contributed by atoms with Gasteiger partial charge < -0.3 is 9.88 Å². The minimum atomic E-state index is -0.0145. The fourth-order valence-corrected chi connectivity index (χ4v) is 2.68. The molecule has 0 saturated carbocycles. The molecule has 0 fully saturated rings. The zero-order valence-corrected chi connectivity index (χ0v) is 13.5. The average Bonchev–Trinajstić information content (AvgIpc) is 2.90. The zero-order valence-electron chi connectivity index (χ0n) is 12.7. The number of nitrogens with zero attached hydrogens (tertiary/aromatic N) is 2. The molecule has 0 bridgehead atoms. The van der Waals surface area contributed by atoms with Crippen molar-refractivity contribution in [2.45, 2.75) is 31.3 Å². The Labute approximate surface area is 130 Å². The summed E-state index contributed by atoms with van der Waals surface area (Å²) in [6.07, 6.45) is 4.72. The second-order valence-corrected chi connectivity index (χ2v) is 6.03. The van der Waals surface area contributed by atoms with Crippen molar-refractivity contribution in [1.82, 2.24) is 9.55 Å². The van der Waals surface area contributed by atoms with E-state index in [9.17, 15) is 4.79 Å². The molecule has 2 rings (SSSR count). The average molecular weight is 303 g/mol. The van der Waals surface area contributed by atoms with Crippen LogP contribution in [0.2, 0.25) is 0 Å². The molecule has 4 nitrogen and oxygen atoms in total. The minimum Gasteiger partial charge on any atom is -0.329 e. The molecule has 0 aliphatic rings. The number of rotatable bonds is 6. The van der Waals surface area contributed by atoms with Crippen LogP contribution in [0.3, 0.4) is 0 Å². The van der Waals surface area contributed by atoms with Gasteiger partial charge in [-0.05, 0) is 30.0 Å². The number of thioether (sulfide) groups is 1. The number of hydrogen-bond acceptors (Lipinski definition) is 3. The van der Waals surface area contributed by atoms with Gasteiger partial charge in [-0.1, -0.05) is 37.7 Å². The van der Waals surface area contributed by atoms with E-state index in [1.165, 1.54) is 17.3 Å². The number of aryl methyl sites for hydroxylation is 1. The number of amides is 1. The predicted octanol–water partition coefficient (Wildman–Crippen LogP) is 3.66. The van der Waals surface area contributed by atoms with Gasteiger partial charge in [-0.15, -0.1) is 0 Å².